The lowest BCUT2D eigenvalue weighted by Gasteiger charge is -2.25. The molecular formula is C23H30N2O3S. The number of ketones is 1. The van der Waals surface area contributed by atoms with E-state index in [0.717, 1.165) is 24.9 Å². The highest BCUT2D eigenvalue weighted by Gasteiger charge is 2.25. The summed E-state index contributed by atoms with van der Waals surface area (Å²) in [6.07, 6.45) is 2.88. The molecule has 0 unspecified atom stereocenters. The molecule has 1 aliphatic rings. The van der Waals surface area contributed by atoms with E-state index in [2.05, 4.69) is 38.2 Å². The molecule has 156 valence electrons. The largest absolute Gasteiger partial charge is 0.378 e. The third-order valence-electron chi connectivity index (χ3n) is 5.47. The van der Waals surface area contributed by atoms with Crippen molar-refractivity contribution in [3.63, 3.8) is 0 Å². The lowest BCUT2D eigenvalue weighted by Crippen LogP contribution is -2.35. The van der Waals surface area contributed by atoms with Gasteiger partial charge in [0.15, 0.2) is 5.78 Å². The van der Waals surface area contributed by atoms with Gasteiger partial charge in [-0.05, 0) is 73.2 Å². The van der Waals surface area contributed by atoms with Gasteiger partial charge in [-0.15, -0.1) is 0 Å². The molecule has 0 atom stereocenters. The van der Waals surface area contributed by atoms with E-state index in [1.165, 1.54) is 15.4 Å². The van der Waals surface area contributed by atoms with Gasteiger partial charge in [0.1, 0.15) is 0 Å². The molecule has 0 saturated carbocycles. The number of piperidine rings is 1. The molecule has 0 radical (unpaired) electrons. The van der Waals surface area contributed by atoms with E-state index >= 15 is 0 Å². The molecule has 6 heteroatoms. The number of carbonyl (C=O) groups excluding carboxylic acids is 1. The number of carbonyl (C=O) groups is 1. The molecule has 0 amide bonds. The van der Waals surface area contributed by atoms with E-state index in [0.29, 0.717) is 24.6 Å². The summed E-state index contributed by atoms with van der Waals surface area (Å²) < 4.78 is 27.0. The monoisotopic (exact) mass is 414 g/mol. The van der Waals surface area contributed by atoms with Crippen LogP contribution >= 0.6 is 0 Å². The Labute approximate surface area is 174 Å². The predicted octanol–water partition coefficient (Wildman–Crippen LogP) is 4.59. The minimum atomic E-state index is -3.47. The van der Waals surface area contributed by atoms with Crippen molar-refractivity contribution in [2.75, 3.05) is 25.0 Å². The number of hydrogen-bond acceptors (Lipinski definition) is 4. The summed E-state index contributed by atoms with van der Waals surface area (Å²) in [5, 5.41) is 3.17. The van der Waals surface area contributed by atoms with Gasteiger partial charge < -0.3 is 5.32 Å². The molecule has 2 aromatic rings. The molecule has 3 rings (SSSR count). The third kappa shape index (κ3) is 5.06. The highest BCUT2D eigenvalue weighted by Crippen LogP contribution is 2.23. The SMILES string of the molecule is Cc1cc(NCC(=O)c2ccc(S(=O)(=O)N3CCCCC3)cc2)ccc1C(C)C. The van der Waals surface area contributed by atoms with Crippen LogP contribution in [-0.4, -0.2) is 38.1 Å². The van der Waals surface area contributed by atoms with E-state index in [9.17, 15) is 13.2 Å². The maximum absolute atomic E-state index is 12.7. The lowest BCUT2D eigenvalue weighted by atomic mass is 9.97. The first kappa shape index (κ1) is 21.5. The van der Waals surface area contributed by atoms with Crippen LogP contribution in [0.3, 0.4) is 0 Å². The molecule has 1 heterocycles. The minimum absolute atomic E-state index is 0.0718. The summed E-state index contributed by atoms with van der Waals surface area (Å²) >= 11 is 0. The van der Waals surface area contributed by atoms with E-state index in [4.69, 9.17) is 0 Å². The van der Waals surface area contributed by atoms with Gasteiger partial charge in [0.05, 0.1) is 11.4 Å². The first-order valence-electron chi connectivity index (χ1n) is 10.3. The number of hydrogen-bond donors (Lipinski definition) is 1. The van der Waals surface area contributed by atoms with Crippen molar-refractivity contribution in [3.8, 4) is 0 Å². The van der Waals surface area contributed by atoms with Gasteiger partial charge in [-0.2, -0.15) is 4.31 Å². The van der Waals surface area contributed by atoms with Crippen molar-refractivity contribution in [2.45, 2.75) is 50.8 Å². The summed E-state index contributed by atoms with van der Waals surface area (Å²) in [4.78, 5) is 12.8. The number of nitrogens with zero attached hydrogens (tertiary/aromatic N) is 1. The summed E-state index contributed by atoms with van der Waals surface area (Å²) in [6, 6.07) is 12.4. The van der Waals surface area contributed by atoms with Gasteiger partial charge in [0, 0.05) is 24.3 Å². The molecule has 0 aromatic heterocycles. The Morgan fingerprint density at radius 3 is 2.28 bits per heavy atom. The Balaban J connectivity index is 1.64. The first-order valence-corrected chi connectivity index (χ1v) is 11.7. The van der Waals surface area contributed by atoms with E-state index in [1.54, 1.807) is 24.3 Å². The van der Waals surface area contributed by atoms with Crippen LogP contribution in [0.25, 0.3) is 0 Å². The van der Waals surface area contributed by atoms with Crippen molar-refractivity contribution < 1.29 is 13.2 Å². The zero-order valence-corrected chi connectivity index (χ0v) is 18.3. The molecule has 0 aliphatic carbocycles. The van der Waals surface area contributed by atoms with Crippen molar-refractivity contribution in [3.05, 3.63) is 59.2 Å². The molecule has 1 saturated heterocycles. The van der Waals surface area contributed by atoms with Crippen LogP contribution in [0.15, 0.2) is 47.4 Å². The zero-order chi connectivity index (χ0) is 21.0. The van der Waals surface area contributed by atoms with E-state index in [-0.39, 0.29) is 17.2 Å². The Kier molecular flexibility index (Phi) is 6.75. The van der Waals surface area contributed by atoms with Crippen LogP contribution in [0, 0.1) is 6.92 Å². The zero-order valence-electron chi connectivity index (χ0n) is 17.4. The van der Waals surface area contributed by atoms with Gasteiger partial charge in [0.25, 0.3) is 0 Å². The molecule has 1 N–H and O–H groups in total. The average Bonchev–Trinajstić information content (AvgIpc) is 2.72. The predicted molar refractivity (Wildman–Crippen MR) is 117 cm³/mol. The second-order valence-corrected chi connectivity index (χ2v) is 9.93. The molecule has 5 nitrogen and oxygen atoms in total. The maximum atomic E-state index is 12.7. The summed E-state index contributed by atoms with van der Waals surface area (Å²) in [7, 11) is -3.47. The fourth-order valence-corrected chi connectivity index (χ4v) is 5.30. The molecule has 1 aliphatic heterocycles. The van der Waals surface area contributed by atoms with Crippen LogP contribution < -0.4 is 5.32 Å². The van der Waals surface area contributed by atoms with Crippen molar-refractivity contribution >= 4 is 21.5 Å². The Morgan fingerprint density at radius 2 is 1.69 bits per heavy atom. The number of nitrogens with one attached hydrogen (secondary N) is 1. The van der Waals surface area contributed by atoms with Crippen molar-refractivity contribution in [1.29, 1.82) is 0 Å². The molecule has 2 aromatic carbocycles. The standard InChI is InChI=1S/C23H30N2O3S/c1-17(2)22-12-9-20(15-18(22)3)24-16-23(26)19-7-10-21(11-8-19)29(27,28)25-13-5-4-6-14-25/h7-12,15,17,24H,4-6,13-14,16H2,1-3H3. The van der Waals surface area contributed by atoms with Crippen molar-refractivity contribution in [2.24, 2.45) is 0 Å². The molecule has 0 spiro atoms. The van der Waals surface area contributed by atoms with Crippen LogP contribution in [0.1, 0.15) is 60.5 Å². The quantitative estimate of drug-likeness (QED) is 0.673. The number of benzene rings is 2. The van der Waals surface area contributed by atoms with Crippen molar-refractivity contribution in [1.82, 2.24) is 4.31 Å². The number of Topliss-reactive ketones (excluding diaryl/α,β-unsaturated/α-hetero) is 1. The second kappa shape index (κ2) is 9.09. The van der Waals surface area contributed by atoms with Crippen LogP contribution in [-0.2, 0) is 10.0 Å². The highest BCUT2D eigenvalue weighted by molar-refractivity contribution is 7.89. The number of rotatable bonds is 7. The Morgan fingerprint density at radius 1 is 1.03 bits per heavy atom. The Hall–Kier alpha value is -2.18. The number of sulfonamides is 1. The second-order valence-electron chi connectivity index (χ2n) is 7.99. The Bertz CT molecular complexity index is 960. The minimum Gasteiger partial charge on any atom is -0.378 e. The summed E-state index contributed by atoms with van der Waals surface area (Å²) in [5.41, 5.74) is 3.91. The number of anilines is 1. The maximum Gasteiger partial charge on any atom is 0.243 e. The summed E-state index contributed by atoms with van der Waals surface area (Å²) in [5.74, 6) is 0.392. The van der Waals surface area contributed by atoms with Crippen LogP contribution in [0.2, 0.25) is 0 Å². The van der Waals surface area contributed by atoms with Gasteiger partial charge >= 0.3 is 0 Å². The summed E-state index contributed by atoms with van der Waals surface area (Å²) in [6.45, 7) is 7.70. The van der Waals surface area contributed by atoms with Gasteiger partial charge in [-0.3, -0.25) is 4.79 Å². The van der Waals surface area contributed by atoms with E-state index in [1.807, 2.05) is 6.07 Å². The molecule has 0 bridgehead atoms. The number of aryl methyl sites for hydroxylation is 1. The molecular weight excluding hydrogens is 384 g/mol. The van der Waals surface area contributed by atoms with Crippen LogP contribution in [0.4, 0.5) is 5.69 Å². The topological polar surface area (TPSA) is 66.5 Å². The smallest absolute Gasteiger partial charge is 0.243 e. The molecule has 1 fully saturated rings. The van der Waals surface area contributed by atoms with E-state index < -0.39 is 10.0 Å². The molecule has 29 heavy (non-hydrogen) atoms. The van der Waals surface area contributed by atoms with Crippen LogP contribution in [0.5, 0.6) is 0 Å². The van der Waals surface area contributed by atoms with Gasteiger partial charge in [0.2, 0.25) is 10.0 Å². The third-order valence-corrected chi connectivity index (χ3v) is 7.39. The first-order chi connectivity index (χ1) is 13.8. The van der Waals surface area contributed by atoms with Gasteiger partial charge in [-0.1, -0.05) is 26.3 Å². The highest BCUT2D eigenvalue weighted by atomic mass is 32.2. The fourth-order valence-electron chi connectivity index (χ4n) is 3.78. The fraction of sp³-hybridized carbons (Fsp3) is 0.435. The van der Waals surface area contributed by atoms with Gasteiger partial charge in [-0.25, -0.2) is 8.42 Å². The average molecular weight is 415 g/mol. The lowest BCUT2D eigenvalue weighted by molar-refractivity contribution is 0.101. The normalized spacial score (nSPS) is 15.4.